The molecule has 2 aromatic rings. The van der Waals surface area contributed by atoms with Crippen molar-refractivity contribution in [1.82, 2.24) is 0 Å². The van der Waals surface area contributed by atoms with Crippen molar-refractivity contribution < 1.29 is 45.2 Å². The van der Waals surface area contributed by atoms with Crippen LogP contribution in [0, 0.1) is 0 Å². The van der Waals surface area contributed by atoms with Crippen molar-refractivity contribution in [3.8, 4) is 11.5 Å². The second-order valence-corrected chi connectivity index (χ2v) is 6.66. The van der Waals surface area contributed by atoms with Crippen LogP contribution in [0.5, 0.6) is 11.5 Å². The first kappa shape index (κ1) is 14.8. The van der Waals surface area contributed by atoms with E-state index in [0.29, 0.717) is 21.9 Å². The molecule has 0 N–H and O–H groups in total. The summed E-state index contributed by atoms with van der Waals surface area (Å²) < 4.78 is 12.0. The summed E-state index contributed by atoms with van der Waals surface area (Å²) >= 11 is 7.05. The Morgan fingerprint density at radius 1 is 1.19 bits per heavy atom. The molecule has 102 valence electrons. The van der Waals surface area contributed by atoms with E-state index in [4.69, 9.17) is 21.1 Å². The van der Waals surface area contributed by atoms with E-state index in [1.165, 1.54) is 9.48 Å². The van der Waals surface area contributed by atoms with Gasteiger partial charge >= 0.3 is 148 Å². The number of rotatable bonds is 1. The van der Waals surface area contributed by atoms with Crippen LogP contribution in [0.15, 0.2) is 36.4 Å². The number of benzene rings is 2. The van der Waals surface area contributed by atoms with Gasteiger partial charge in [0.25, 0.3) is 0 Å². The zero-order valence-corrected chi connectivity index (χ0v) is 14.8. The summed E-state index contributed by atoms with van der Waals surface area (Å²) in [6, 6.07) is 11.2. The van der Waals surface area contributed by atoms with E-state index >= 15 is 0 Å². The second kappa shape index (κ2) is 5.92. The maximum absolute atomic E-state index is 12.1. The van der Waals surface area contributed by atoms with Gasteiger partial charge in [-0.2, -0.15) is 0 Å². The van der Waals surface area contributed by atoms with Crippen LogP contribution in [0.25, 0.3) is 11.6 Å². The SMILES string of the molecule is COC(=O)C1=Cc2c[c]([Y])ccc2Oc2ccc(Cl)cc21. The first-order valence-corrected chi connectivity index (χ1v) is 8.05. The van der Waals surface area contributed by atoms with Crippen LogP contribution in [0.2, 0.25) is 5.02 Å². The van der Waals surface area contributed by atoms with Gasteiger partial charge in [0.1, 0.15) is 0 Å². The molecule has 0 fully saturated rings. The van der Waals surface area contributed by atoms with Gasteiger partial charge in [0, 0.05) is 0 Å². The molecule has 0 radical (unpaired) electrons. The van der Waals surface area contributed by atoms with Gasteiger partial charge in [0.2, 0.25) is 0 Å². The minimum atomic E-state index is -0.409. The van der Waals surface area contributed by atoms with Crippen LogP contribution in [0.1, 0.15) is 11.1 Å². The van der Waals surface area contributed by atoms with Crippen LogP contribution >= 0.6 is 11.6 Å². The standard InChI is InChI=1S/C16H10ClO3.Y/c1-19-16(18)13-8-10-4-2-3-5-14(10)20-15-7-6-11(17)9-12(13)15;/h3-9H,1H3;. The van der Waals surface area contributed by atoms with Crippen molar-refractivity contribution in [3.63, 3.8) is 0 Å². The number of carbonyl (C=O) groups is 1. The van der Waals surface area contributed by atoms with Gasteiger partial charge in [-0.05, 0) is 0 Å². The van der Waals surface area contributed by atoms with Crippen LogP contribution in [-0.4, -0.2) is 13.1 Å². The molecule has 0 atom stereocenters. The molecule has 3 rings (SSSR count). The topological polar surface area (TPSA) is 35.5 Å². The van der Waals surface area contributed by atoms with Crippen molar-refractivity contribution in [1.29, 1.82) is 0 Å². The van der Waals surface area contributed by atoms with Crippen LogP contribution in [-0.2, 0) is 40.5 Å². The van der Waals surface area contributed by atoms with E-state index in [2.05, 4.69) is 0 Å². The Hall–Kier alpha value is -1.16. The summed E-state index contributed by atoms with van der Waals surface area (Å²) in [4.78, 5) is 12.1. The fourth-order valence-corrected chi connectivity index (χ4v) is 3.05. The zero-order valence-electron chi connectivity index (χ0n) is 11.2. The van der Waals surface area contributed by atoms with E-state index in [1.807, 2.05) is 18.2 Å². The van der Waals surface area contributed by atoms with Gasteiger partial charge in [0.15, 0.2) is 0 Å². The average molecular weight is 375 g/mol. The predicted molar refractivity (Wildman–Crippen MR) is 77.5 cm³/mol. The Morgan fingerprint density at radius 2 is 1.95 bits per heavy atom. The van der Waals surface area contributed by atoms with Gasteiger partial charge in [0.05, 0.1) is 0 Å². The quantitative estimate of drug-likeness (QED) is 0.718. The molecule has 0 aliphatic carbocycles. The molecule has 1 aliphatic heterocycles. The third-order valence-corrected chi connectivity index (χ3v) is 4.31. The number of halogens is 1. The second-order valence-electron chi connectivity index (χ2n) is 4.59. The van der Waals surface area contributed by atoms with Crippen molar-refractivity contribution in [2.24, 2.45) is 0 Å². The summed E-state index contributed by atoms with van der Waals surface area (Å²) in [6.45, 7) is 0. The van der Waals surface area contributed by atoms with E-state index in [1.54, 1.807) is 24.3 Å². The molecule has 5 heteroatoms. The first-order chi connectivity index (χ1) is 10.1. The fraction of sp³-hybridized carbons (Fsp3) is 0.0625. The number of ether oxygens (including phenoxy) is 2. The van der Waals surface area contributed by atoms with Gasteiger partial charge in [-0.1, -0.05) is 0 Å². The number of carbonyl (C=O) groups excluding carboxylic acids is 1. The van der Waals surface area contributed by atoms with Crippen molar-refractivity contribution in [2.45, 2.75) is 0 Å². The monoisotopic (exact) mass is 374 g/mol. The first-order valence-electron chi connectivity index (χ1n) is 6.26. The molecule has 1 heterocycles. The molecule has 0 amide bonds. The van der Waals surface area contributed by atoms with Gasteiger partial charge in [-0.25, -0.2) is 0 Å². The van der Waals surface area contributed by atoms with Crippen LogP contribution in [0.4, 0.5) is 0 Å². The summed E-state index contributed by atoms with van der Waals surface area (Å²) in [7, 11) is 1.36. The van der Waals surface area contributed by atoms with Crippen LogP contribution < -0.4 is 7.11 Å². The molecular formula is C16H10ClO3Y. The number of fused-ring (bicyclic) bond motifs is 2. The molecule has 1 aliphatic rings. The molecule has 0 aromatic heterocycles. The minimum absolute atomic E-state index is 0.409. The Kier molecular flexibility index (Phi) is 4.16. The van der Waals surface area contributed by atoms with E-state index in [9.17, 15) is 4.79 Å². The van der Waals surface area contributed by atoms with Crippen LogP contribution in [0.3, 0.4) is 0 Å². The molecule has 0 bridgehead atoms. The summed E-state index contributed by atoms with van der Waals surface area (Å²) in [5.41, 5.74) is 1.95. The summed E-state index contributed by atoms with van der Waals surface area (Å²) in [5, 5.41) is 0.543. The molecule has 2 aromatic carbocycles. The summed E-state index contributed by atoms with van der Waals surface area (Å²) in [5.74, 6) is 0.901. The number of hydrogen-bond donors (Lipinski definition) is 0. The number of esters is 1. The van der Waals surface area contributed by atoms with E-state index in [0.717, 1.165) is 42.3 Å². The van der Waals surface area contributed by atoms with Crippen molar-refractivity contribution >= 4 is 31.6 Å². The Labute approximate surface area is 147 Å². The third kappa shape index (κ3) is 2.91. The molecule has 3 nitrogen and oxygen atoms in total. The molecule has 21 heavy (non-hydrogen) atoms. The maximum atomic E-state index is 12.1. The molecule has 0 unspecified atom stereocenters. The van der Waals surface area contributed by atoms with Crippen molar-refractivity contribution in [2.75, 3.05) is 7.11 Å². The molecule has 0 saturated heterocycles. The number of methoxy groups -OCH3 is 1. The van der Waals surface area contributed by atoms with Gasteiger partial charge in [-0.3, -0.25) is 0 Å². The molecule has 0 saturated carbocycles. The van der Waals surface area contributed by atoms with Crippen molar-refractivity contribution in [3.05, 3.63) is 52.5 Å². The Bertz CT molecular complexity index is 768. The van der Waals surface area contributed by atoms with E-state index in [-0.39, 0.29) is 0 Å². The Balaban J connectivity index is 2.27. The van der Waals surface area contributed by atoms with Gasteiger partial charge < -0.3 is 0 Å². The number of hydrogen-bond acceptors (Lipinski definition) is 3. The molecular weight excluding hydrogens is 365 g/mol. The Morgan fingerprint density at radius 3 is 2.71 bits per heavy atom. The molecule has 0 spiro atoms. The predicted octanol–water partition coefficient (Wildman–Crippen LogP) is 3.33. The fourth-order valence-electron chi connectivity index (χ4n) is 2.20. The van der Waals surface area contributed by atoms with Gasteiger partial charge in [-0.15, -0.1) is 0 Å². The zero-order chi connectivity index (χ0) is 15.0. The normalized spacial score (nSPS) is 12.3. The van der Waals surface area contributed by atoms with E-state index < -0.39 is 5.97 Å². The third-order valence-electron chi connectivity index (χ3n) is 3.19. The summed E-state index contributed by atoms with van der Waals surface area (Å²) in [6.07, 6.45) is 1.79. The average Bonchev–Trinajstić information content (AvgIpc) is 2.63.